The van der Waals surface area contributed by atoms with Crippen molar-refractivity contribution in [2.45, 2.75) is 43.9 Å². The molecule has 2 heterocycles. The molecule has 0 aliphatic carbocycles. The summed E-state index contributed by atoms with van der Waals surface area (Å²) in [5, 5.41) is 2.88. The van der Waals surface area contributed by atoms with Crippen LogP contribution in [0.2, 0.25) is 0 Å². The van der Waals surface area contributed by atoms with E-state index in [1.807, 2.05) is 43.8 Å². The van der Waals surface area contributed by atoms with Gasteiger partial charge in [-0.25, -0.2) is 17.7 Å². The molecule has 1 aliphatic heterocycles. The lowest BCUT2D eigenvalue weighted by atomic mass is 9.93. The number of hydrogen-bond donors (Lipinski definition) is 1. The molecule has 204 valence electrons. The van der Waals surface area contributed by atoms with Crippen LogP contribution in [0.3, 0.4) is 0 Å². The Morgan fingerprint density at radius 1 is 1.13 bits per heavy atom. The maximum absolute atomic E-state index is 13.2. The number of nitrogens with zero attached hydrogens (tertiary/aromatic N) is 4. The Balaban J connectivity index is 1.29. The number of ether oxygens (including phenoxy) is 1. The van der Waals surface area contributed by atoms with Gasteiger partial charge in [0.1, 0.15) is 5.75 Å². The Morgan fingerprint density at radius 2 is 1.76 bits per heavy atom. The molecular weight excluding hydrogens is 502 g/mol. The number of rotatable bonds is 9. The summed E-state index contributed by atoms with van der Waals surface area (Å²) in [5.41, 5.74) is 4.33. The van der Waals surface area contributed by atoms with Crippen molar-refractivity contribution in [3.63, 3.8) is 0 Å². The van der Waals surface area contributed by atoms with Crippen LogP contribution in [-0.4, -0.2) is 62.0 Å². The number of hydrogen-bond acceptors (Lipinski definition) is 6. The molecule has 10 heteroatoms. The van der Waals surface area contributed by atoms with Crippen LogP contribution >= 0.6 is 0 Å². The highest BCUT2D eigenvalue weighted by Crippen LogP contribution is 2.31. The van der Waals surface area contributed by atoms with Gasteiger partial charge in [-0.2, -0.15) is 0 Å². The lowest BCUT2D eigenvalue weighted by molar-refractivity contribution is -0.116. The molecule has 0 saturated carbocycles. The Morgan fingerprint density at radius 3 is 2.32 bits per heavy atom. The Hall–Kier alpha value is -3.37. The number of anilines is 2. The highest BCUT2D eigenvalue weighted by atomic mass is 32.2. The lowest BCUT2D eigenvalue weighted by Crippen LogP contribution is -2.33. The topological polar surface area (TPSA) is 96.8 Å². The highest BCUT2D eigenvalue weighted by molar-refractivity contribution is 7.89. The van der Waals surface area contributed by atoms with Gasteiger partial charge in [-0.15, -0.1) is 0 Å². The van der Waals surface area contributed by atoms with Crippen LogP contribution in [0.4, 0.5) is 11.4 Å². The zero-order valence-corrected chi connectivity index (χ0v) is 23.6. The first-order valence-electron chi connectivity index (χ1n) is 12.8. The molecule has 4 rings (SSSR count). The fraction of sp³-hybridized carbons (Fsp3) is 0.429. The fourth-order valence-electron chi connectivity index (χ4n) is 5.14. The van der Waals surface area contributed by atoms with Gasteiger partial charge in [0, 0.05) is 69.3 Å². The number of piperidine rings is 1. The van der Waals surface area contributed by atoms with Crippen molar-refractivity contribution in [3.05, 3.63) is 65.7 Å². The number of aromatic nitrogens is 2. The number of amides is 1. The molecule has 1 aliphatic rings. The zero-order chi connectivity index (χ0) is 27.4. The number of carbonyl (C=O) groups excluding carboxylic acids is 1. The van der Waals surface area contributed by atoms with Crippen molar-refractivity contribution in [3.8, 4) is 5.75 Å². The minimum absolute atomic E-state index is 0.0489. The van der Waals surface area contributed by atoms with E-state index in [1.165, 1.54) is 17.0 Å². The van der Waals surface area contributed by atoms with Crippen LogP contribution in [-0.2, 0) is 21.9 Å². The number of carbonyl (C=O) groups is 1. The van der Waals surface area contributed by atoms with Gasteiger partial charge in [-0.05, 0) is 74.2 Å². The second-order valence-corrected chi connectivity index (χ2v) is 11.9. The minimum Gasteiger partial charge on any atom is -0.497 e. The van der Waals surface area contributed by atoms with E-state index in [-0.39, 0.29) is 23.8 Å². The summed E-state index contributed by atoms with van der Waals surface area (Å²) >= 11 is 0. The maximum atomic E-state index is 13.2. The Bertz CT molecular complexity index is 1350. The minimum atomic E-state index is -3.75. The molecule has 1 N–H and O–H groups in total. The first-order valence-corrected chi connectivity index (χ1v) is 14.3. The summed E-state index contributed by atoms with van der Waals surface area (Å²) in [4.78, 5) is 19.5. The molecule has 1 amide bonds. The van der Waals surface area contributed by atoms with Crippen molar-refractivity contribution in [1.29, 1.82) is 0 Å². The van der Waals surface area contributed by atoms with E-state index in [0.29, 0.717) is 28.5 Å². The second-order valence-electron chi connectivity index (χ2n) is 9.95. The molecular formula is C28H37N5O4S. The van der Waals surface area contributed by atoms with E-state index in [1.54, 1.807) is 33.1 Å². The molecule has 1 saturated heterocycles. The van der Waals surface area contributed by atoms with E-state index in [4.69, 9.17) is 4.74 Å². The van der Waals surface area contributed by atoms with E-state index in [2.05, 4.69) is 19.8 Å². The molecule has 0 spiro atoms. The van der Waals surface area contributed by atoms with Gasteiger partial charge >= 0.3 is 0 Å². The molecule has 2 aromatic carbocycles. The van der Waals surface area contributed by atoms with Crippen LogP contribution in [0.15, 0.2) is 53.8 Å². The van der Waals surface area contributed by atoms with Gasteiger partial charge in [0.25, 0.3) is 0 Å². The summed E-state index contributed by atoms with van der Waals surface area (Å²) in [6.07, 6.45) is 6.02. The molecule has 0 unspecified atom stereocenters. The zero-order valence-electron chi connectivity index (χ0n) is 22.8. The summed E-state index contributed by atoms with van der Waals surface area (Å²) in [5.74, 6) is 0.901. The first-order chi connectivity index (χ1) is 18.1. The summed E-state index contributed by atoms with van der Waals surface area (Å²) in [6.45, 7) is 5.50. The van der Waals surface area contributed by atoms with Gasteiger partial charge in [-0.1, -0.05) is 0 Å². The molecule has 0 atom stereocenters. The highest BCUT2D eigenvalue weighted by Gasteiger charge is 2.26. The number of aryl methyl sites for hydroxylation is 3. The van der Waals surface area contributed by atoms with Gasteiger partial charge in [0.2, 0.25) is 15.9 Å². The monoisotopic (exact) mass is 539 g/mol. The normalized spacial score (nSPS) is 14.6. The number of sulfonamides is 1. The van der Waals surface area contributed by atoms with Crippen molar-refractivity contribution in [2.24, 2.45) is 7.05 Å². The molecule has 9 nitrogen and oxygen atoms in total. The van der Waals surface area contributed by atoms with E-state index >= 15 is 0 Å². The smallest absolute Gasteiger partial charge is 0.243 e. The van der Waals surface area contributed by atoms with Crippen LogP contribution in [0, 0.1) is 13.8 Å². The molecule has 0 radical (unpaired) electrons. The lowest BCUT2D eigenvalue weighted by Gasteiger charge is -2.33. The fourth-order valence-corrected chi connectivity index (χ4v) is 6.72. The number of methoxy groups -OCH3 is 1. The first kappa shape index (κ1) is 27.7. The quantitative estimate of drug-likeness (QED) is 0.440. The third-order valence-corrected chi connectivity index (χ3v) is 9.44. The third-order valence-electron chi connectivity index (χ3n) is 7.27. The molecule has 38 heavy (non-hydrogen) atoms. The van der Waals surface area contributed by atoms with Crippen LogP contribution in [0.25, 0.3) is 0 Å². The SMILES string of the molecule is COc1cc(C)c(S(=O)(=O)N(C)CCC(=O)Nc2ccc(N3CCC(c4cncn4C)CC3)cc2)c(C)c1. The van der Waals surface area contributed by atoms with Crippen LogP contribution in [0.1, 0.15) is 42.0 Å². The van der Waals surface area contributed by atoms with E-state index in [9.17, 15) is 13.2 Å². The van der Waals surface area contributed by atoms with Crippen molar-refractivity contribution >= 4 is 27.3 Å². The average molecular weight is 540 g/mol. The molecule has 1 aromatic heterocycles. The summed E-state index contributed by atoms with van der Waals surface area (Å²) < 4.78 is 34.9. The van der Waals surface area contributed by atoms with Crippen molar-refractivity contribution in [1.82, 2.24) is 13.9 Å². The number of nitrogens with one attached hydrogen (secondary N) is 1. The van der Waals surface area contributed by atoms with Crippen molar-refractivity contribution < 1.29 is 17.9 Å². The standard InChI is InChI=1S/C28H37N5O4S/c1-20-16-25(37-5)17-21(2)28(20)38(35,36)32(4)13-12-27(34)30-23-6-8-24(9-7-23)33-14-10-22(11-15-33)26-18-29-19-31(26)3/h6-9,16-19,22H,10-15H2,1-5H3,(H,30,34). The molecule has 1 fully saturated rings. The maximum Gasteiger partial charge on any atom is 0.243 e. The van der Waals surface area contributed by atoms with E-state index < -0.39 is 10.0 Å². The van der Waals surface area contributed by atoms with Gasteiger partial charge < -0.3 is 19.5 Å². The molecule has 0 bridgehead atoms. The van der Waals surface area contributed by atoms with Gasteiger partial charge in [0.05, 0.1) is 18.3 Å². The van der Waals surface area contributed by atoms with Crippen LogP contribution in [0.5, 0.6) is 5.75 Å². The Kier molecular flexibility index (Phi) is 8.42. The largest absolute Gasteiger partial charge is 0.497 e. The number of imidazole rings is 1. The predicted molar refractivity (Wildman–Crippen MR) is 149 cm³/mol. The molecule has 3 aromatic rings. The average Bonchev–Trinajstić information content (AvgIpc) is 3.32. The predicted octanol–water partition coefficient (Wildman–Crippen LogP) is 4.08. The van der Waals surface area contributed by atoms with E-state index in [0.717, 1.165) is 31.6 Å². The number of benzene rings is 2. The second kappa shape index (κ2) is 11.6. The van der Waals surface area contributed by atoms with Crippen LogP contribution < -0.4 is 15.0 Å². The van der Waals surface area contributed by atoms with Crippen molar-refractivity contribution in [2.75, 3.05) is 44.0 Å². The van der Waals surface area contributed by atoms with Gasteiger partial charge in [-0.3, -0.25) is 4.79 Å². The summed E-state index contributed by atoms with van der Waals surface area (Å²) in [6, 6.07) is 11.2. The Labute approximate surface area is 225 Å². The van der Waals surface area contributed by atoms with Gasteiger partial charge in [0.15, 0.2) is 0 Å². The summed E-state index contributed by atoms with van der Waals surface area (Å²) in [7, 11) is 1.35. The third kappa shape index (κ3) is 6.02.